The van der Waals surface area contributed by atoms with E-state index in [1.165, 1.54) is 17.8 Å². The second-order valence-corrected chi connectivity index (χ2v) is 6.20. The lowest BCUT2D eigenvalue weighted by Crippen LogP contribution is -2.23. The average molecular weight is 344 g/mol. The second kappa shape index (κ2) is 6.92. The molecular formula is C17H16N2O4S. The number of fused-ring (bicyclic) bond motifs is 1. The van der Waals surface area contributed by atoms with Crippen molar-refractivity contribution in [2.75, 3.05) is 0 Å². The summed E-state index contributed by atoms with van der Waals surface area (Å²) in [7, 11) is 0. The van der Waals surface area contributed by atoms with Crippen LogP contribution >= 0.6 is 11.8 Å². The summed E-state index contributed by atoms with van der Waals surface area (Å²) < 4.78 is 6.84. The Kier molecular flexibility index (Phi) is 4.71. The minimum atomic E-state index is -0.491. The third kappa shape index (κ3) is 3.21. The Balaban J connectivity index is 1.98. The second-order valence-electron chi connectivity index (χ2n) is 5.25. The van der Waals surface area contributed by atoms with Gasteiger partial charge in [0.2, 0.25) is 5.43 Å². The number of para-hydroxylation sites is 1. The maximum Gasteiger partial charge on any atom is 0.262 e. The summed E-state index contributed by atoms with van der Waals surface area (Å²) in [6, 6.07) is 8.47. The molecule has 124 valence electrons. The minimum Gasteiger partial charge on any atom is -0.502 e. The molecule has 0 bridgehead atoms. The van der Waals surface area contributed by atoms with Crippen LogP contribution in [0, 0.1) is 0 Å². The Bertz CT molecular complexity index is 994. The number of hydrogen-bond acceptors (Lipinski definition) is 6. The van der Waals surface area contributed by atoms with E-state index in [-0.39, 0.29) is 5.56 Å². The molecule has 7 heteroatoms. The molecule has 0 aliphatic carbocycles. The van der Waals surface area contributed by atoms with Gasteiger partial charge in [-0.05, 0) is 18.6 Å². The molecule has 1 aromatic carbocycles. The summed E-state index contributed by atoms with van der Waals surface area (Å²) in [5.74, 6) is 0.327. The van der Waals surface area contributed by atoms with Crippen molar-refractivity contribution in [3.63, 3.8) is 0 Å². The van der Waals surface area contributed by atoms with E-state index in [4.69, 9.17) is 4.42 Å². The SMILES string of the molecule is CCCn1c(SCc2cc(=O)c(O)co2)nc2ccccc2c1=O. The molecule has 3 aromatic rings. The van der Waals surface area contributed by atoms with Crippen LogP contribution in [0.4, 0.5) is 0 Å². The molecule has 0 fully saturated rings. The maximum absolute atomic E-state index is 12.7. The third-order valence-electron chi connectivity index (χ3n) is 3.48. The van der Waals surface area contributed by atoms with E-state index < -0.39 is 11.2 Å². The van der Waals surface area contributed by atoms with Crippen molar-refractivity contribution in [1.29, 1.82) is 0 Å². The minimum absolute atomic E-state index is 0.0721. The van der Waals surface area contributed by atoms with Gasteiger partial charge in [-0.3, -0.25) is 14.2 Å². The van der Waals surface area contributed by atoms with Gasteiger partial charge in [-0.1, -0.05) is 30.8 Å². The monoisotopic (exact) mass is 344 g/mol. The molecular weight excluding hydrogens is 328 g/mol. The van der Waals surface area contributed by atoms with E-state index in [1.807, 2.05) is 19.1 Å². The molecule has 0 saturated heterocycles. The lowest BCUT2D eigenvalue weighted by Gasteiger charge is -2.11. The van der Waals surface area contributed by atoms with E-state index in [0.29, 0.717) is 34.1 Å². The molecule has 24 heavy (non-hydrogen) atoms. The van der Waals surface area contributed by atoms with Gasteiger partial charge in [-0.15, -0.1) is 0 Å². The first-order chi connectivity index (χ1) is 11.6. The van der Waals surface area contributed by atoms with Crippen LogP contribution in [0.1, 0.15) is 19.1 Å². The van der Waals surface area contributed by atoms with Crippen molar-refractivity contribution in [2.45, 2.75) is 30.8 Å². The van der Waals surface area contributed by atoms with Crippen molar-refractivity contribution in [3.8, 4) is 5.75 Å². The molecule has 2 heterocycles. The largest absolute Gasteiger partial charge is 0.502 e. The number of hydrogen-bond donors (Lipinski definition) is 1. The fourth-order valence-electron chi connectivity index (χ4n) is 2.33. The predicted octanol–water partition coefficient (Wildman–Crippen LogP) is 2.76. The Hall–Kier alpha value is -2.54. The summed E-state index contributed by atoms with van der Waals surface area (Å²) in [5.41, 5.74) is 0.0795. The number of aromatic hydroxyl groups is 1. The van der Waals surface area contributed by atoms with Crippen LogP contribution in [0.3, 0.4) is 0 Å². The quantitative estimate of drug-likeness (QED) is 0.566. The van der Waals surface area contributed by atoms with Crippen LogP contribution in [0.15, 0.2) is 55.8 Å². The number of benzene rings is 1. The van der Waals surface area contributed by atoms with Crippen LogP contribution in [0.25, 0.3) is 10.9 Å². The van der Waals surface area contributed by atoms with Crippen molar-refractivity contribution < 1.29 is 9.52 Å². The first kappa shape index (κ1) is 16.3. The summed E-state index contributed by atoms with van der Waals surface area (Å²) in [4.78, 5) is 28.7. The Morgan fingerprint density at radius 1 is 1.29 bits per heavy atom. The molecule has 3 rings (SSSR count). The van der Waals surface area contributed by atoms with E-state index >= 15 is 0 Å². The first-order valence-corrected chi connectivity index (χ1v) is 8.51. The van der Waals surface area contributed by atoms with Crippen LogP contribution in [-0.4, -0.2) is 14.7 Å². The van der Waals surface area contributed by atoms with Crippen molar-refractivity contribution >= 4 is 22.7 Å². The fourth-order valence-corrected chi connectivity index (χ4v) is 3.25. The van der Waals surface area contributed by atoms with Gasteiger partial charge in [-0.2, -0.15) is 0 Å². The van der Waals surface area contributed by atoms with E-state index in [2.05, 4.69) is 4.98 Å². The normalized spacial score (nSPS) is 11.0. The summed E-state index contributed by atoms with van der Waals surface area (Å²) in [6.45, 7) is 2.56. The average Bonchev–Trinajstić information content (AvgIpc) is 2.59. The molecule has 0 aliphatic heterocycles. The molecule has 6 nitrogen and oxygen atoms in total. The molecule has 0 spiro atoms. The van der Waals surface area contributed by atoms with Crippen molar-refractivity contribution in [2.24, 2.45) is 0 Å². The predicted molar refractivity (Wildman–Crippen MR) is 92.5 cm³/mol. The molecule has 1 N–H and O–H groups in total. The highest BCUT2D eigenvalue weighted by Crippen LogP contribution is 2.22. The molecule has 0 radical (unpaired) electrons. The van der Waals surface area contributed by atoms with E-state index in [9.17, 15) is 14.7 Å². The topological polar surface area (TPSA) is 85.3 Å². The Morgan fingerprint density at radius 2 is 2.08 bits per heavy atom. The van der Waals surface area contributed by atoms with Gasteiger partial charge in [0.05, 0.1) is 16.7 Å². The van der Waals surface area contributed by atoms with Crippen LogP contribution < -0.4 is 11.0 Å². The van der Waals surface area contributed by atoms with Gasteiger partial charge in [0.1, 0.15) is 12.0 Å². The standard InChI is InChI=1S/C17H16N2O4S/c1-2-7-19-16(22)12-5-3-4-6-13(12)18-17(19)24-10-11-8-14(20)15(21)9-23-11/h3-6,8-9,21H,2,7,10H2,1H3. The van der Waals surface area contributed by atoms with Crippen molar-refractivity contribution in [1.82, 2.24) is 9.55 Å². The van der Waals surface area contributed by atoms with Gasteiger partial charge >= 0.3 is 0 Å². The Morgan fingerprint density at radius 3 is 2.83 bits per heavy atom. The number of rotatable bonds is 5. The van der Waals surface area contributed by atoms with Gasteiger partial charge in [0.15, 0.2) is 10.9 Å². The lowest BCUT2D eigenvalue weighted by molar-refractivity contribution is 0.419. The highest BCUT2D eigenvalue weighted by molar-refractivity contribution is 7.98. The number of thioether (sulfide) groups is 1. The van der Waals surface area contributed by atoms with Crippen LogP contribution in [-0.2, 0) is 12.3 Å². The molecule has 2 aromatic heterocycles. The highest BCUT2D eigenvalue weighted by atomic mass is 32.2. The summed E-state index contributed by atoms with van der Waals surface area (Å²) in [6.07, 6.45) is 1.83. The number of nitrogens with zero attached hydrogens (tertiary/aromatic N) is 2. The zero-order valence-corrected chi connectivity index (χ0v) is 13.9. The zero-order chi connectivity index (χ0) is 17.1. The number of aromatic nitrogens is 2. The fraction of sp³-hybridized carbons (Fsp3) is 0.235. The van der Waals surface area contributed by atoms with Gasteiger partial charge < -0.3 is 9.52 Å². The molecule has 0 aliphatic rings. The molecule has 0 saturated carbocycles. The third-order valence-corrected chi connectivity index (χ3v) is 4.48. The van der Waals surface area contributed by atoms with Crippen LogP contribution in [0.2, 0.25) is 0 Å². The van der Waals surface area contributed by atoms with Gasteiger partial charge in [0, 0.05) is 12.6 Å². The summed E-state index contributed by atoms with van der Waals surface area (Å²) >= 11 is 1.32. The zero-order valence-electron chi connectivity index (χ0n) is 13.1. The Labute approximate surface area is 141 Å². The van der Waals surface area contributed by atoms with Gasteiger partial charge in [-0.25, -0.2) is 4.98 Å². The molecule has 0 atom stereocenters. The molecule has 0 amide bonds. The lowest BCUT2D eigenvalue weighted by atomic mass is 10.2. The maximum atomic E-state index is 12.7. The van der Waals surface area contributed by atoms with Crippen LogP contribution in [0.5, 0.6) is 5.75 Å². The van der Waals surface area contributed by atoms with Crippen molar-refractivity contribution in [3.05, 3.63) is 62.9 Å². The van der Waals surface area contributed by atoms with E-state index in [0.717, 1.165) is 12.7 Å². The molecule has 0 unspecified atom stereocenters. The van der Waals surface area contributed by atoms with E-state index in [1.54, 1.807) is 16.7 Å². The smallest absolute Gasteiger partial charge is 0.262 e. The summed E-state index contributed by atoms with van der Waals surface area (Å²) in [5, 5.41) is 10.4. The van der Waals surface area contributed by atoms with Gasteiger partial charge in [0.25, 0.3) is 5.56 Å². The highest BCUT2D eigenvalue weighted by Gasteiger charge is 2.12. The first-order valence-electron chi connectivity index (χ1n) is 7.53.